The molecule has 0 radical (unpaired) electrons. The average molecular weight is 622 g/mol. The first kappa shape index (κ1) is 32.3. The van der Waals surface area contributed by atoms with Crippen LogP contribution in [0.5, 0.6) is 0 Å². The number of aromatic nitrogens is 3. The number of benzene rings is 1. The molecule has 3 aromatic rings. The number of hydrogen-bond donors (Lipinski definition) is 4. The number of ether oxygens (including phenoxy) is 3. The molecular formula is C28H31F4N7O5. The number of carbonyl (C=O) groups is 1. The number of halogens is 4. The van der Waals surface area contributed by atoms with Gasteiger partial charge in [0, 0.05) is 43.9 Å². The maximum absolute atomic E-state index is 14.9. The summed E-state index contributed by atoms with van der Waals surface area (Å²) >= 11 is 0. The first-order valence-corrected chi connectivity index (χ1v) is 13.4. The fraction of sp³-hybridized carbons (Fsp3) is 0.393. The molecule has 2 heterocycles. The molecule has 1 aliphatic carbocycles. The molecule has 4 N–H and O–H groups in total. The monoisotopic (exact) mass is 621 g/mol. The van der Waals surface area contributed by atoms with Gasteiger partial charge in [0.2, 0.25) is 17.8 Å². The number of anilines is 2. The Kier molecular flexibility index (Phi) is 10.5. The molecule has 1 aromatic carbocycles. The van der Waals surface area contributed by atoms with Gasteiger partial charge in [-0.3, -0.25) is 10.2 Å². The van der Waals surface area contributed by atoms with Gasteiger partial charge in [0.05, 0.1) is 33.4 Å². The molecule has 12 nitrogen and oxygen atoms in total. The molecular weight excluding hydrogens is 590 g/mol. The van der Waals surface area contributed by atoms with E-state index < -0.39 is 23.3 Å². The van der Waals surface area contributed by atoms with Crippen LogP contribution in [0.25, 0.3) is 11.1 Å². The second-order valence-electron chi connectivity index (χ2n) is 9.76. The van der Waals surface area contributed by atoms with Crippen molar-refractivity contribution in [3.05, 3.63) is 65.7 Å². The molecule has 0 bridgehead atoms. The van der Waals surface area contributed by atoms with Gasteiger partial charge in [-0.2, -0.15) is 13.2 Å². The zero-order valence-corrected chi connectivity index (χ0v) is 23.9. The molecule has 0 atom stereocenters. The van der Waals surface area contributed by atoms with Crippen LogP contribution in [0.15, 0.2) is 53.1 Å². The van der Waals surface area contributed by atoms with Gasteiger partial charge in [0.1, 0.15) is 16.9 Å². The number of hydrogen-bond acceptors (Lipinski definition) is 11. The van der Waals surface area contributed by atoms with E-state index in [1.807, 2.05) is 0 Å². The van der Waals surface area contributed by atoms with Crippen LogP contribution in [0.1, 0.15) is 24.2 Å². The fourth-order valence-corrected chi connectivity index (χ4v) is 4.06. The summed E-state index contributed by atoms with van der Waals surface area (Å²) in [6.07, 6.45) is -0.642. The summed E-state index contributed by atoms with van der Waals surface area (Å²) in [4.78, 5) is 20.9. The topological polar surface area (TPSA) is 157 Å². The van der Waals surface area contributed by atoms with E-state index in [-0.39, 0.29) is 53.9 Å². The molecule has 0 saturated heterocycles. The Bertz CT molecular complexity index is 1470. The molecule has 0 aliphatic heterocycles. The standard InChI is InChI=1S/C28H31F4N7O5/c1-41-9-10-43-8-7-34-16-21(25(33)42-2)37-26-35-14-19(15-36-26)17-3-4-18(20(29)11-17)12-24(40)38-23-13-22(44-39-23)27(5-6-27)28(30,31)32/h3-4,11,13-16,33-34H,5-10,12H2,1-2H3,(H,35,36,37)(H,38,39,40)/b21-16+,33-25?. The van der Waals surface area contributed by atoms with Crippen LogP contribution in [0.4, 0.5) is 29.3 Å². The minimum absolute atomic E-state index is 0.0626. The van der Waals surface area contributed by atoms with Gasteiger partial charge in [0.15, 0.2) is 11.6 Å². The zero-order chi connectivity index (χ0) is 31.7. The second kappa shape index (κ2) is 14.3. The van der Waals surface area contributed by atoms with Crippen molar-refractivity contribution in [3.8, 4) is 11.1 Å². The highest BCUT2D eigenvalue weighted by molar-refractivity contribution is 5.93. The van der Waals surface area contributed by atoms with E-state index in [0.717, 1.165) is 6.07 Å². The molecule has 1 amide bonds. The largest absolute Gasteiger partial charge is 0.480 e. The Hall–Kier alpha value is -4.57. The van der Waals surface area contributed by atoms with Gasteiger partial charge in [-0.25, -0.2) is 14.4 Å². The summed E-state index contributed by atoms with van der Waals surface area (Å²) in [5.74, 6) is -1.89. The first-order chi connectivity index (χ1) is 21.1. The number of nitrogens with one attached hydrogen (secondary N) is 4. The number of alkyl halides is 3. The zero-order valence-electron chi connectivity index (χ0n) is 23.9. The van der Waals surface area contributed by atoms with Crippen LogP contribution in [-0.2, 0) is 30.8 Å². The van der Waals surface area contributed by atoms with Crippen molar-refractivity contribution < 1.29 is 41.1 Å². The van der Waals surface area contributed by atoms with E-state index in [9.17, 15) is 22.4 Å². The molecule has 1 fully saturated rings. The van der Waals surface area contributed by atoms with Crippen LogP contribution < -0.4 is 16.0 Å². The molecule has 236 valence electrons. The van der Waals surface area contributed by atoms with Crippen LogP contribution in [0, 0.1) is 11.2 Å². The first-order valence-electron chi connectivity index (χ1n) is 13.4. The van der Waals surface area contributed by atoms with E-state index in [1.54, 1.807) is 13.2 Å². The molecule has 4 rings (SSSR count). The molecule has 1 aliphatic rings. The summed E-state index contributed by atoms with van der Waals surface area (Å²) in [6.45, 7) is 1.85. The highest BCUT2D eigenvalue weighted by Gasteiger charge is 2.66. The minimum atomic E-state index is -4.48. The van der Waals surface area contributed by atoms with Crippen molar-refractivity contribution in [1.82, 2.24) is 20.4 Å². The third-order valence-electron chi connectivity index (χ3n) is 6.70. The number of amides is 1. The lowest BCUT2D eigenvalue weighted by Gasteiger charge is -2.14. The Labute approximate surface area is 249 Å². The third-order valence-corrected chi connectivity index (χ3v) is 6.70. The molecule has 0 unspecified atom stereocenters. The lowest BCUT2D eigenvalue weighted by Crippen LogP contribution is -2.28. The van der Waals surface area contributed by atoms with Crippen molar-refractivity contribution in [2.24, 2.45) is 0 Å². The maximum atomic E-state index is 14.9. The molecule has 0 spiro atoms. The summed E-state index contributed by atoms with van der Waals surface area (Å²) in [5, 5.41) is 19.7. The van der Waals surface area contributed by atoms with E-state index in [2.05, 4.69) is 31.1 Å². The van der Waals surface area contributed by atoms with Crippen molar-refractivity contribution in [1.29, 1.82) is 5.41 Å². The van der Waals surface area contributed by atoms with Crippen molar-refractivity contribution in [2.75, 3.05) is 51.2 Å². The van der Waals surface area contributed by atoms with Crippen LogP contribution >= 0.6 is 0 Å². The third kappa shape index (κ3) is 8.08. The predicted molar refractivity (Wildman–Crippen MR) is 150 cm³/mol. The highest BCUT2D eigenvalue weighted by Crippen LogP contribution is 2.59. The Balaban J connectivity index is 1.33. The summed E-state index contributed by atoms with van der Waals surface area (Å²) < 4.78 is 74.9. The number of nitrogens with zero attached hydrogens (tertiary/aromatic N) is 3. The normalized spacial score (nSPS) is 14.2. The van der Waals surface area contributed by atoms with Gasteiger partial charge in [-0.05, 0) is 30.0 Å². The molecule has 1 saturated carbocycles. The minimum Gasteiger partial charge on any atom is -0.480 e. The van der Waals surface area contributed by atoms with Gasteiger partial charge < -0.3 is 34.7 Å². The van der Waals surface area contributed by atoms with Crippen molar-refractivity contribution >= 4 is 23.6 Å². The highest BCUT2D eigenvalue weighted by atomic mass is 19.4. The van der Waals surface area contributed by atoms with Gasteiger partial charge >= 0.3 is 6.18 Å². The van der Waals surface area contributed by atoms with E-state index >= 15 is 0 Å². The molecule has 44 heavy (non-hydrogen) atoms. The van der Waals surface area contributed by atoms with E-state index in [1.165, 1.54) is 37.8 Å². The van der Waals surface area contributed by atoms with Gasteiger partial charge in [-0.1, -0.05) is 17.3 Å². The van der Waals surface area contributed by atoms with Crippen molar-refractivity contribution in [3.63, 3.8) is 0 Å². The van der Waals surface area contributed by atoms with Crippen LogP contribution in [-0.4, -0.2) is 73.7 Å². The average Bonchev–Trinajstić information content (AvgIpc) is 3.70. The van der Waals surface area contributed by atoms with Crippen LogP contribution in [0.3, 0.4) is 0 Å². The number of rotatable bonds is 15. The fourth-order valence-electron chi connectivity index (χ4n) is 4.06. The van der Waals surface area contributed by atoms with E-state index in [4.69, 9.17) is 24.1 Å². The molecule has 2 aromatic heterocycles. The smallest absolute Gasteiger partial charge is 0.401 e. The number of methoxy groups -OCH3 is 2. The van der Waals surface area contributed by atoms with Crippen LogP contribution in [0.2, 0.25) is 0 Å². The van der Waals surface area contributed by atoms with E-state index in [0.29, 0.717) is 37.5 Å². The number of carbonyl (C=O) groups excluding carboxylic acids is 1. The maximum Gasteiger partial charge on any atom is 0.401 e. The Morgan fingerprint density at radius 3 is 2.48 bits per heavy atom. The summed E-state index contributed by atoms with van der Waals surface area (Å²) in [7, 11) is 2.94. The molecule has 16 heteroatoms. The van der Waals surface area contributed by atoms with Crippen molar-refractivity contribution in [2.45, 2.75) is 30.9 Å². The lowest BCUT2D eigenvalue weighted by atomic mass is 10.0. The SMILES string of the molecule is COCCOCCN/C=C(/Nc1ncc(-c2ccc(CC(=O)Nc3cc(C4(C(F)(F)F)CC4)on3)c(F)c2)cn1)C(=N)OC. The lowest BCUT2D eigenvalue weighted by molar-refractivity contribution is -0.165. The predicted octanol–water partition coefficient (Wildman–Crippen LogP) is 4.18. The van der Waals surface area contributed by atoms with Gasteiger partial charge in [0.25, 0.3) is 0 Å². The Morgan fingerprint density at radius 1 is 1.09 bits per heavy atom. The summed E-state index contributed by atoms with van der Waals surface area (Å²) in [6, 6.07) is 5.26. The second-order valence-corrected chi connectivity index (χ2v) is 9.76. The Morgan fingerprint density at radius 2 is 1.84 bits per heavy atom. The quantitative estimate of drug-likeness (QED) is 0.0841. The van der Waals surface area contributed by atoms with Gasteiger partial charge in [-0.15, -0.1) is 0 Å². The summed E-state index contributed by atoms with van der Waals surface area (Å²) in [5.41, 5.74) is -0.811.